The Morgan fingerprint density at radius 2 is 1.50 bits per heavy atom. The maximum Gasteiger partial charge on any atom is 0.404 e. The number of nitrogens with two attached hydrogens (primary N) is 1. The fraction of sp³-hybridized carbons (Fsp3) is 0.167. The van der Waals surface area contributed by atoms with Crippen LogP contribution in [0, 0.1) is 0 Å². The van der Waals surface area contributed by atoms with Crippen molar-refractivity contribution in [1.82, 2.24) is 4.90 Å². The van der Waals surface area contributed by atoms with Gasteiger partial charge in [0.15, 0.2) is 0 Å². The lowest BCUT2D eigenvalue weighted by atomic mass is 10.1. The molecule has 3 amide bonds. The highest BCUT2D eigenvalue weighted by molar-refractivity contribution is 6.21. The summed E-state index contributed by atoms with van der Waals surface area (Å²) >= 11 is 0. The van der Waals surface area contributed by atoms with E-state index in [1.807, 2.05) is 30.3 Å². The molecule has 0 aromatic heterocycles. The smallest absolute Gasteiger partial charge is 0.404 e. The molecule has 0 bridgehead atoms. The van der Waals surface area contributed by atoms with Crippen LogP contribution in [0.1, 0.15) is 26.3 Å². The summed E-state index contributed by atoms with van der Waals surface area (Å²) in [6, 6.07) is 16.0. The van der Waals surface area contributed by atoms with Crippen molar-refractivity contribution in [2.24, 2.45) is 5.73 Å². The van der Waals surface area contributed by atoms with Crippen LogP contribution in [0.25, 0.3) is 0 Å². The minimum absolute atomic E-state index is 0.0375. The Morgan fingerprint density at radius 1 is 0.958 bits per heavy atom. The number of nitrogens with zero attached hydrogens (tertiary/aromatic N) is 1. The van der Waals surface area contributed by atoms with Gasteiger partial charge in [-0.05, 0) is 17.7 Å². The van der Waals surface area contributed by atoms with Gasteiger partial charge >= 0.3 is 6.09 Å². The quantitative estimate of drug-likeness (QED) is 0.852. The van der Waals surface area contributed by atoms with E-state index in [0.29, 0.717) is 17.5 Å². The van der Waals surface area contributed by atoms with E-state index in [-0.39, 0.29) is 18.4 Å². The number of fused-ring (bicyclic) bond motifs is 1. The molecule has 0 fully saturated rings. The number of primary amides is 1. The molecule has 6 nitrogen and oxygen atoms in total. The van der Waals surface area contributed by atoms with Crippen LogP contribution < -0.4 is 5.73 Å². The Balaban J connectivity index is 1.79. The molecule has 0 radical (unpaired) electrons. The minimum Gasteiger partial charge on any atom is -0.444 e. The van der Waals surface area contributed by atoms with Gasteiger partial charge in [-0.2, -0.15) is 0 Å². The molecule has 0 spiro atoms. The average Bonchev–Trinajstić information content (AvgIpc) is 2.81. The first-order valence-corrected chi connectivity index (χ1v) is 7.51. The first kappa shape index (κ1) is 15.7. The van der Waals surface area contributed by atoms with E-state index in [9.17, 15) is 14.4 Å². The molecule has 1 aliphatic rings. The molecule has 122 valence electrons. The van der Waals surface area contributed by atoms with Gasteiger partial charge < -0.3 is 10.5 Å². The Kier molecular flexibility index (Phi) is 4.29. The Bertz CT molecular complexity index is 754. The SMILES string of the molecule is NC(=O)O[C@@H](Cc1ccccc1)CN1C(=O)c2ccccc2C1=O. The second-order valence-electron chi connectivity index (χ2n) is 5.52. The third kappa shape index (κ3) is 3.12. The fourth-order valence-electron chi connectivity index (χ4n) is 2.79. The number of hydrogen-bond donors (Lipinski definition) is 1. The van der Waals surface area contributed by atoms with Crippen LogP contribution in [0.5, 0.6) is 0 Å². The molecule has 24 heavy (non-hydrogen) atoms. The second kappa shape index (κ2) is 6.54. The number of hydrogen-bond acceptors (Lipinski definition) is 4. The van der Waals surface area contributed by atoms with E-state index in [4.69, 9.17) is 10.5 Å². The van der Waals surface area contributed by atoms with Crippen molar-refractivity contribution in [3.05, 3.63) is 71.3 Å². The average molecular weight is 324 g/mol. The highest BCUT2D eigenvalue weighted by atomic mass is 16.6. The maximum atomic E-state index is 12.4. The van der Waals surface area contributed by atoms with Gasteiger partial charge in [0.2, 0.25) is 0 Å². The predicted octanol–water partition coefficient (Wildman–Crippen LogP) is 1.99. The molecule has 1 aliphatic heterocycles. The lowest BCUT2D eigenvalue weighted by Crippen LogP contribution is -2.40. The molecule has 0 saturated carbocycles. The van der Waals surface area contributed by atoms with Crippen molar-refractivity contribution >= 4 is 17.9 Å². The molecular formula is C18H16N2O4. The van der Waals surface area contributed by atoms with E-state index in [2.05, 4.69) is 0 Å². The van der Waals surface area contributed by atoms with Crippen molar-refractivity contribution in [3.8, 4) is 0 Å². The third-order valence-corrected chi connectivity index (χ3v) is 3.85. The molecule has 2 aromatic rings. The van der Waals surface area contributed by atoms with Crippen molar-refractivity contribution in [2.45, 2.75) is 12.5 Å². The topological polar surface area (TPSA) is 89.7 Å². The number of carbonyl (C=O) groups excluding carboxylic acids is 3. The zero-order chi connectivity index (χ0) is 17.1. The molecule has 6 heteroatoms. The molecule has 0 saturated heterocycles. The molecule has 0 aliphatic carbocycles. The summed E-state index contributed by atoms with van der Waals surface area (Å²) < 4.78 is 5.10. The normalized spacial score (nSPS) is 14.4. The van der Waals surface area contributed by atoms with E-state index < -0.39 is 12.2 Å². The zero-order valence-corrected chi connectivity index (χ0v) is 12.8. The van der Waals surface area contributed by atoms with Gasteiger partial charge in [-0.1, -0.05) is 42.5 Å². The highest BCUT2D eigenvalue weighted by Gasteiger charge is 2.37. The fourth-order valence-corrected chi connectivity index (χ4v) is 2.79. The number of benzene rings is 2. The monoisotopic (exact) mass is 324 g/mol. The number of imide groups is 1. The van der Waals surface area contributed by atoms with Gasteiger partial charge in [-0.3, -0.25) is 14.5 Å². The van der Waals surface area contributed by atoms with Crippen molar-refractivity contribution in [1.29, 1.82) is 0 Å². The summed E-state index contributed by atoms with van der Waals surface area (Å²) in [5, 5.41) is 0. The number of rotatable bonds is 5. The van der Waals surface area contributed by atoms with Crippen LogP contribution in [0.4, 0.5) is 4.79 Å². The predicted molar refractivity (Wildman–Crippen MR) is 86.4 cm³/mol. The largest absolute Gasteiger partial charge is 0.444 e. The van der Waals surface area contributed by atoms with E-state index in [0.717, 1.165) is 10.5 Å². The van der Waals surface area contributed by atoms with Gasteiger partial charge in [-0.25, -0.2) is 4.79 Å². The van der Waals surface area contributed by atoms with Gasteiger partial charge in [0.25, 0.3) is 11.8 Å². The van der Waals surface area contributed by atoms with Gasteiger partial charge in [0, 0.05) is 6.42 Å². The summed E-state index contributed by atoms with van der Waals surface area (Å²) in [5.41, 5.74) is 6.76. The van der Waals surface area contributed by atoms with Gasteiger partial charge in [0.1, 0.15) is 6.10 Å². The lowest BCUT2D eigenvalue weighted by molar-refractivity contribution is 0.0490. The molecule has 2 aromatic carbocycles. The van der Waals surface area contributed by atoms with Crippen LogP contribution in [-0.2, 0) is 11.2 Å². The Morgan fingerprint density at radius 3 is 2.04 bits per heavy atom. The summed E-state index contributed by atoms with van der Waals surface area (Å²) in [4.78, 5) is 37.1. The Labute approximate surface area is 138 Å². The summed E-state index contributed by atoms with van der Waals surface area (Å²) in [5.74, 6) is -0.775. The van der Waals surface area contributed by atoms with Crippen LogP contribution >= 0.6 is 0 Å². The van der Waals surface area contributed by atoms with Crippen molar-refractivity contribution in [2.75, 3.05) is 6.54 Å². The molecule has 1 atom stereocenters. The van der Waals surface area contributed by atoms with Crippen molar-refractivity contribution < 1.29 is 19.1 Å². The Hall–Kier alpha value is -3.15. The summed E-state index contributed by atoms with van der Waals surface area (Å²) in [6.45, 7) is -0.0375. The second-order valence-corrected chi connectivity index (χ2v) is 5.52. The van der Waals surface area contributed by atoms with E-state index in [1.165, 1.54) is 0 Å². The van der Waals surface area contributed by atoms with Crippen LogP contribution in [0.2, 0.25) is 0 Å². The van der Waals surface area contributed by atoms with Crippen LogP contribution in [0.15, 0.2) is 54.6 Å². The summed E-state index contributed by atoms with van der Waals surface area (Å²) in [7, 11) is 0. The minimum atomic E-state index is -0.937. The van der Waals surface area contributed by atoms with Crippen LogP contribution in [0.3, 0.4) is 0 Å². The maximum absolute atomic E-state index is 12.4. The molecule has 1 heterocycles. The van der Waals surface area contributed by atoms with Gasteiger partial charge in [-0.15, -0.1) is 0 Å². The van der Waals surface area contributed by atoms with Gasteiger partial charge in [0.05, 0.1) is 17.7 Å². The first-order valence-electron chi connectivity index (χ1n) is 7.51. The van der Waals surface area contributed by atoms with E-state index >= 15 is 0 Å². The van der Waals surface area contributed by atoms with E-state index in [1.54, 1.807) is 24.3 Å². The molecular weight excluding hydrogens is 308 g/mol. The number of amides is 3. The number of carbonyl (C=O) groups is 3. The standard InChI is InChI=1S/C18H16N2O4/c19-18(23)24-13(10-12-6-2-1-3-7-12)11-20-16(21)14-8-4-5-9-15(14)17(20)22/h1-9,13H,10-11H2,(H2,19,23)/t13-/m0/s1. The molecule has 2 N–H and O–H groups in total. The zero-order valence-electron chi connectivity index (χ0n) is 12.8. The lowest BCUT2D eigenvalue weighted by Gasteiger charge is -2.22. The molecule has 0 unspecified atom stereocenters. The van der Waals surface area contributed by atoms with Crippen molar-refractivity contribution in [3.63, 3.8) is 0 Å². The number of ether oxygens (including phenoxy) is 1. The van der Waals surface area contributed by atoms with Crippen LogP contribution in [-0.4, -0.2) is 35.5 Å². The molecule has 3 rings (SSSR count). The first-order chi connectivity index (χ1) is 11.6. The highest BCUT2D eigenvalue weighted by Crippen LogP contribution is 2.23. The third-order valence-electron chi connectivity index (χ3n) is 3.85. The summed E-state index contributed by atoms with van der Waals surface area (Å²) in [6.07, 6.45) is -1.28.